The molecule has 1 N–H and O–H groups in total. The molecule has 0 aliphatic rings. The first-order chi connectivity index (χ1) is 6.47. The first-order valence-electron chi connectivity index (χ1n) is 4.80. The van der Waals surface area contributed by atoms with Gasteiger partial charge in [-0.25, -0.2) is 0 Å². The molecule has 2 nitrogen and oxygen atoms in total. The molecule has 1 aromatic rings. The zero-order valence-electron chi connectivity index (χ0n) is 8.99. The first-order valence-corrected chi connectivity index (χ1v) is 5.75. The molecule has 1 rings (SSSR count). The molecule has 3 heteroatoms. The molecule has 0 bridgehead atoms. The van der Waals surface area contributed by atoms with Crippen LogP contribution < -0.4 is 0 Å². The van der Waals surface area contributed by atoms with Gasteiger partial charge in [-0.15, -0.1) is 0 Å². The lowest BCUT2D eigenvalue weighted by atomic mass is 10.1. The van der Waals surface area contributed by atoms with Crippen molar-refractivity contribution >= 4 is 11.3 Å². The number of rotatable bonds is 4. The molecule has 1 unspecified atom stereocenters. The third-order valence-corrected chi connectivity index (χ3v) is 2.49. The summed E-state index contributed by atoms with van der Waals surface area (Å²) in [5.41, 5.74) is 1.01. The summed E-state index contributed by atoms with van der Waals surface area (Å²) in [5, 5.41) is 13.7. The van der Waals surface area contributed by atoms with Gasteiger partial charge < -0.3 is 9.84 Å². The Morgan fingerprint density at radius 3 is 2.71 bits per heavy atom. The van der Waals surface area contributed by atoms with E-state index in [1.807, 2.05) is 32.2 Å². The molecule has 0 aromatic carbocycles. The van der Waals surface area contributed by atoms with Crippen molar-refractivity contribution in [2.75, 3.05) is 6.61 Å². The Morgan fingerprint density at radius 1 is 1.50 bits per heavy atom. The lowest BCUT2D eigenvalue weighted by molar-refractivity contribution is -0.0482. The molecule has 1 heterocycles. The highest BCUT2D eigenvalue weighted by Crippen LogP contribution is 2.11. The smallest absolute Gasteiger partial charge is 0.0814 e. The van der Waals surface area contributed by atoms with Gasteiger partial charge in [0.1, 0.15) is 0 Å². The normalized spacial score (nSPS) is 14.3. The molecule has 14 heavy (non-hydrogen) atoms. The molecule has 0 saturated heterocycles. The van der Waals surface area contributed by atoms with E-state index in [1.165, 1.54) is 5.56 Å². The number of aliphatic hydroxyl groups excluding tert-OH is 1. The summed E-state index contributed by atoms with van der Waals surface area (Å²) in [6, 6.07) is 2.03. The van der Waals surface area contributed by atoms with Crippen molar-refractivity contribution in [3.63, 3.8) is 0 Å². The number of aliphatic hydroxyl groups is 1. The van der Waals surface area contributed by atoms with Crippen molar-refractivity contribution < 1.29 is 9.84 Å². The van der Waals surface area contributed by atoms with E-state index in [9.17, 15) is 5.11 Å². The summed E-state index contributed by atoms with van der Waals surface area (Å²) in [7, 11) is 0. The predicted octanol–water partition coefficient (Wildman–Crippen LogP) is 2.47. The van der Waals surface area contributed by atoms with Crippen molar-refractivity contribution in [2.24, 2.45) is 0 Å². The maximum Gasteiger partial charge on any atom is 0.0814 e. The van der Waals surface area contributed by atoms with Gasteiger partial charge in [-0.3, -0.25) is 0 Å². The fraction of sp³-hybridized carbons (Fsp3) is 0.636. The van der Waals surface area contributed by atoms with E-state index < -0.39 is 6.10 Å². The van der Waals surface area contributed by atoms with Gasteiger partial charge in [0.05, 0.1) is 18.3 Å². The van der Waals surface area contributed by atoms with Crippen LogP contribution in [0, 0.1) is 0 Å². The van der Waals surface area contributed by atoms with Crippen LogP contribution in [0.15, 0.2) is 16.8 Å². The van der Waals surface area contributed by atoms with Crippen LogP contribution in [0.5, 0.6) is 0 Å². The quantitative estimate of drug-likeness (QED) is 0.834. The Balaban J connectivity index is 2.26. The molecular formula is C11H18O2S. The van der Waals surface area contributed by atoms with Gasteiger partial charge in [0.2, 0.25) is 0 Å². The van der Waals surface area contributed by atoms with Gasteiger partial charge in [0.15, 0.2) is 0 Å². The van der Waals surface area contributed by atoms with Crippen molar-refractivity contribution in [2.45, 2.75) is 38.9 Å². The van der Waals surface area contributed by atoms with Crippen molar-refractivity contribution in [3.05, 3.63) is 22.4 Å². The number of hydrogen-bond donors (Lipinski definition) is 1. The molecular weight excluding hydrogens is 196 g/mol. The molecule has 0 aliphatic heterocycles. The summed E-state index contributed by atoms with van der Waals surface area (Å²) in [5.74, 6) is 0. The minimum Gasteiger partial charge on any atom is -0.390 e. The summed E-state index contributed by atoms with van der Waals surface area (Å²) >= 11 is 1.65. The van der Waals surface area contributed by atoms with Crippen LogP contribution in [-0.2, 0) is 11.2 Å². The Labute approximate surface area is 89.5 Å². The molecule has 0 spiro atoms. The van der Waals surface area contributed by atoms with E-state index in [4.69, 9.17) is 4.74 Å². The number of thiophene rings is 1. The van der Waals surface area contributed by atoms with Gasteiger partial charge in [-0.2, -0.15) is 11.3 Å². The largest absolute Gasteiger partial charge is 0.390 e. The Hall–Kier alpha value is -0.380. The van der Waals surface area contributed by atoms with Gasteiger partial charge in [0, 0.05) is 6.42 Å². The molecule has 0 radical (unpaired) electrons. The van der Waals surface area contributed by atoms with Crippen molar-refractivity contribution in [3.8, 4) is 0 Å². The Morgan fingerprint density at radius 2 is 2.21 bits per heavy atom. The maximum atomic E-state index is 9.66. The van der Waals surface area contributed by atoms with E-state index in [2.05, 4.69) is 5.38 Å². The van der Waals surface area contributed by atoms with E-state index in [1.54, 1.807) is 11.3 Å². The van der Waals surface area contributed by atoms with Crippen molar-refractivity contribution in [1.82, 2.24) is 0 Å². The average Bonchev–Trinajstić information content (AvgIpc) is 2.52. The van der Waals surface area contributed by atoms with Crippen LogP contribution >= 0.6 is 11.3 Å². The average molecular weight is 214 g/mol. The second kappa shape index (κ2) is 4.91. The van der Waals surface area contributed by atoms with Gasteiger partial charge in [-0.1, -0.05) is 0 Å². The van der Waals surface area contributed by atoms with E-state index >= 15 is 0 Å². The van der Waals surface area contributed by atoms with Crippen LogP contribution in [-0.4, -0.2) is 23.4 Å². The molecule has 0 fully saturated rings. The fourth-order valence-electron chi connectivity index (χ4n) is 1.09. The van der Waals surface area contributed by atoms with E-state index in [0.717, 1.165) is 0 Å². The van der Waals surface area contributed by atoms with Crippen LogP contribution in [0.25, 0.3) is 0 Å². The minimum absolute atomic E-state index is 0.171. The monoisotopic (exact) mass is 214 g/mol. The highest BCUT2D eigenvalue weighted by atomic mass is 32.1. The highest BCUT2D eigenvalue weighted by molar-refractivity contribution is 7.07. The SMILES string of the molecule is CC(C)(C)OCC(O)Cc1ccsc1. The molecule has 0 saturated carbocycles. The highest BCUT2D eigenvalue weighted by Gasteiger charge is 2.13. The Bertz CT molecular complexity index is 249. The maximum absolute atomic E-state index is 9.66. The van der Waals surface area contributed by atoms with Gasteiger partial charge >= 0.3 is 0 Å². The second-order valence-corrected chi connectivity index (χ2v) is 5.19. The Kier molecular flexibility index (Phi) is 4.11. The number of ether oxygens (including phenoxy) is 1. The lowest BCUT2D eigenvalue weighted by Gasteiger charge is -2.21. The standard InChI is InChI=1S/C11H18O2S/c1-11(2,3)13-7-10(12)6-9-4-5-14-8-9/h4-5,8,10,12H,6-7H2,1-3H3. The molecule has 80 valence electrons. The van der Waals surface area contributed by atoms with Crippen LogP contribution in [0.2, 0.25) is 0 Å². The first kappa shape index (κ1) is 11.7. The molecule has 0 amide bonds. The topological polar surface area (TPSA) is 29.5 Å². The van der Waals surface area contributed by atoms with E-state index in [-0.39, 0.29) is 5.60 Å². The zero-order valence-corrected chi connectivity index (χ0v) is 9.80. The van der Waals surface area contributed by atoms with Crippen LogP contribution in [0.1, 0.15) is 26.3 Å². The summed E-state index contributed by atoms with van der Waals surface area (Å²) in [6.45, 7) is 6.37. The summed E-state index contributed by atoms with van der Waals surface area (Å²) in [4.78, 5) is 0. The molecule has 1 aromatic heterocycles. The second-order valence-electron chi connectivity index (χ2n) is 4.41. The van der Waals surface area contributed by atoms with Crippen LogP contribution in [0.4, 0.5) is 0 Å². The van der Waals surface area contributed by atoms with Gasteiger partial charge in [-0.05, 0) is 43.2 Å². The third kappa shape index (κ3) is 4.74. The van der Waals surface area contributed by atoms with E-state index in [0.29, 0.717) is 13.0 Å². The molecule has 1 atom stereocenters. The summed E-state index contributed by atoms with van der Waals surface area (Å²) < 4.78 is 5.49. The summed E-state index contributed by atoms with van der Waals surface area (Å²) in [6.07, 6.45) is 0.281. The third-order valence-electron chi connectivity index (χ3n) is 1.76. The predicted molar refractivity (Wildman–Crippen MR) is 59.7 cm³/mol. The number of hydrogen-bond acceptors (Lipinski definition) is 3. The minimum atomic E-state index is -0.399. The lowest BCUT2D eigenvalue weighted by Crippen LogP contribution is -2.27. The fourth-order valence-corrected chi connectivity index (χ4v) is 1.77. The van der Waals surface area contributed by atoms with Crippen molar-refractivity contribution in [1.29, 1.82) is 0 Å². The zero-order chi connectivity index (χ0) is 10.6. The molecule has 0 aliphatic carbocycles. The van der Waals surface area contributed by atoms with Gasteiger partial charge in [0.25, 0.3) is 0 Å². The van der Waals surface area contributed by atoms with Crippen LogP contribution in [0.3, 0.4) is 0 Å².